The predicted octanol–water partition coefficient (Wildman–Crippen LogP) is 3.17. The van der Waals surface area contributed by atoms with Crippen LogP contribution in [0, 0.1) is 6.92 Å². The van der Waals surface area contributed by atoms with E-state index in [1.165, 1.54) is 16.9 Å². The molecule has 2 N–H and O–H groups in total. The van der Waals surface area contributed by atoms with Gasteiger partial charge in [0.15, 0.2) is 0 Å². The lowest BCUT2D eigenvalue weighted by molar-refractivity contribution is 0.0323. The molecule has 1 unspecified atom stereocenters. The first kappa shape index (κ1) is 15.3. The van der Waals surface area contributed by atoms with E-state index in [0.29, 0.717) is 5.76 Å². The first-order valence-corrected chi connectivity index (χ1v) is 8.52. The zero-order valence-electron chi connectivity index (χ0n) is 12.9. The Morgan fingerprint density at radius 2 is 2.18 bits per heavy atom. The zero-order chi connectivity index (χ0) is 15.7. The largest absolute Gasteiger partial charge is 0.463 e. The first-order valence-electron chi connectivity index (χ1n) is 7.64. The smallest absolute Gasteiger partial charge is 0.252 e. The quantitative estimate of drug-likeness (QED) is 0.910. The molecular weight excluding hydrogens is 298 g/mol. The predicted molar refractivity (Wildman–Crippen MR) is 86.3 cm³/mol. The van der Waals surface area contributed by atoms with Crippen LogP contribution >= 0.6 is 11.3 Å². The number of hydrogen-bond donors (Lipinski definition) is 2. The number of rotatable bonds is 4. The molecule has 5 heteroatoms. The van der Waals surface area contributed by atoms with Crippen molar-refractivity contribution in [3.63, 3.8) is 0 Å². The molecule has 0 saturated heterocycles. The summed E-state index contributed by atoms with van der Waals surface area (Å²) in [6.45, 7) is 3.61. The number of aliphatic hydroxyl groups is 1. The Kier molecular flexibility index (Phi) is 4.10. The number of hydrogen-bond acceptors (Lipinski definition) is 4. The number of carbonyl (C=O) groups excluding carboxylic acids is 1. The van der Waals surface area contributed by atoms with E-state index in [1.54, 1.807) is 30.4 Å². The molecule has 0 aliphatic heterocycles. The van der Waals surface area contributed by atoms with Gasteiger partial charge in [0, 0.05) is 10.3 Å². The van der Waals surface area contributed by atoms with Crippen LogP contribution in [-0.2, 0) is 18.4 Å². The number of amides is 1. The molecule has 1 amide bonds. The first-order chi connectivity index (χ1) is 10.5. The van der Waals surface area contributed by atoms with Crippen LogP contribution in [-0.4, -0.2) is 17.6 Å². The lowest BCUT2D eigenvalue weighted by Crippen LogP contribution is -2.38. The van der Waals surface area contributed by atoms with Crippen molar-refractivity contribution in [1.82, 2.24) is 5.32 Å². The topological polar surface area (TPSA) is 62.5 Å². The SMILES string of the molecule is Cc1ccc(C(C)(O)CNC(=O)c2csc3c2CCCC3)o1. The molecule has 3 rings (SSSR count). The van der Waals surface area contributed by atoms with Crippen molar-refractivity contribution in [2.45, 2.75) is 45.1 Å². The highest BCUT2D eigenvalue weighted by Gasteiger charge is 2.28. The van der Waals surface area contributed by atoms with E-state index in [2.05, 4.69) is 5.32 Å². The Morgan fingerprint density at radius 3 is 2.91 bits per heavy atom. The molecule has 0 bridgehead atoms. The Morgan fingerprint density at radius 1 is 1.41 bits per heavy atom. The molecule has 0 saturated carbocycles. The minimum Gasteiger partial charge on any atom is -0.463 e. The van der Waals surface area contributed by atoms with Gasteiger partial charge in [-0.25, -0.2) is 0 Å². The minimum atomic E-state index is -1.21. The van der Waals surface area contributed by atoms with Crippen LogP contribution in [0.15, 0.2) is 21.9 Å². The number of thiophene rings is 1. The van der Waals surface area contributed by atoms with Gasteiger partial charge in [0.2, 0.25) is 0 Å². The van der Waals surface area contributed by atoms with E-state index < -0.39 is 5.60 Å². The van der Waals surface area contributed by atoms with Crippen LogP contribution in [0.4, 0.5) is 0 Å². The fourth-order valence-electron chi connectivity index (χ4n) is 2.84. The molecule has 2 heterocycles. The van der Waals surface area contributed by atoms with Gasteiger partial charge in [-0.3, -0.25) is 4.79 Å². The van der Waals surface area contributed by atoms with Gasteiger partial charge >= 0.3 is 0 Å². The van der Waals surface area contributed by atoms with Gasteiger partial charge in [-0.15, -0.1) is 11.3 Å². The van der Waals surface area contributed by atoms with Gasteiger partial charge in [-0.05, 0) is 57.2 Å². The van der Waals surface area contributed by atoms with Crippen molar-refractivity contribution in [3.05, 3.63) is 45.0 Å². The summed E-state index contributed by atoms with van der Waals surface area (Å²) in [5.74, 6) is 1.11. The van der Waals surface area contributed by atoms with Crippen molar-refractivity contribution in [2.24, 2.45) is 0 Å². The third kappa shape index (κ3) is 2.96. The Balaban J connectivity index is 1.68. The molecule has 1 atom stereocenters. The average Bonchev–Trinajstić information content (AvgIpc) is 3.11. The number of furan rings is 1. The zero-order valence-corrected chi connectivity index (χ0v) is 13.8. The van der Waals surface area contributed by atoms with E-state index in [9.17, 15) is 9.90 Å². The van der Waals surface area contributed by atoms with Gasteiger partial charge in [-0.2, -0.15) is 0 Å². The molecule has 1 aliphatic carbocycles. The summed E-state index contributed by atoms with van der Waals surface area (Å²) in [6, 6.07) is 3.55. The second-order valence-electron chi connectivity index (χ2n) is 6.13. The van der Waals surface area contributed by atoms with Gasteiger partial charge in [0.1, 0.15) is 17.1 Å². The lowest BCUT2D eigenvalue weighted by atomic mass is 9.95. The number of carbonyl (C=O) groups is 1. The summed E-state index contributed by atoms with van der Waals surface area (Å²) < 4.78 is 5.46. The third-order valence-electron chi connectivity index (χ3n) is 4.17. The molecule has 1 aliphatic rings. The maximum atomic E-state index is 12.4. The van der Waals surface area contributed by atoms with Gasteiger partial charge in [0.25, 0.3) is 5.91 Å². The van der Waals surface area contributed by atoms with Crippen molar-refractivity contribution >= 4 is 17.2 Å². The average molecular weight is 319 g/mol. The maximum Gasteiger partial charge on any atom is 0.252 e. The summed E-state index contributed by atoms with van der Waals surface area (Å²) in [7, 11) is 0. The Bertz CT molecular complexity index is 684. The molecule has 0 spiro atoms. The highest BCUT2D eigenvalue weighted by atomic mass is 32.1. The second-order valence-corrected chi connectivity index (χ2v) is 7.09. The molecule has 118 valence electrons. The Hall–Kier alpha value is -1.59. The fourth-order valence-corrected chi connectivity index (χ4v) is 3.97. The molecular formula is C17H21NO3S. The van der Waals surface area contributed by atoms with Crippen LogP contribution in [0.1, 0.15) is 52.1 Å². The van der Waals surface area contributed by atoms with E-state index >= 15 is 0 Å². The van der Waals surface area contributed by atoms with Crippen LogP contribution < -0.4 is 5.32 Å². The van der Waals surface area contributed by atoms with Crippen molar-refractivity contribution in [2.75, 3.05) is 6.54 Å². The highest BCUT2D eigenvalue weighted by molar-refractivity contribution is 7.10. The van der Waals surface area contributed by atoms with Gasteiger partial charge in [0.05, 0.1) is 12.1 Å². The maximum absolute atomic E-state index is 12.4. The molecule has 0 radical (unpaired) electrons. The molecule has 4 nitrogen and oxygen atoms in total. The van der Waals surface area contributed by atoms with Gasteiger partial charge in [-0.1, -0.05) is 0 Å². The van der Waals surface area contributed by atoms with Crippen LogP contribution in [0.3, 0.4) is 0 Å². The van der Waals surface area contributed by atoms with Crippen molar-refractivity contribution < 1.29 is 14.3 Å². The molecule has 2 aromatic heterocycles. The Labute approximate surface area is 134 Å². The van der Waals surface area contributed by atoms with E-state index in [-0.39, 0.29) is 12.5 Å². The summed E-state index contributed by atoms with van der Waals surface area (Å²) in [6.07, 6.45) is 4.42. The van der Waals surface area contributed by atoms with E-state index in [0.717, 1.165) is 30.6 Å². The van der Waals surface area contributed by atoms with E-state index in [1.807, 2.05) is 12.3 Å². The van der Waals surface area contributed by atoms with Crippen LogP contribution in [0.25, 0.3) is 0 Å². The van der Waals surface area contributed by atoms with Crippen LogP contribution in [0.5, 0.6) is 0 Å². The standard InChI is InChI=1S/C17H21NO3S/c1-11-7-8-15(21-11)17(2,20)10-18-16(19)13-9-22-14-6-4-3-5-12(13)14/h7-9,20H,3-6,10H2,1-2H3,(H,18,19). The summed E-state index contributed by atoms with van der Waals surface area (Å²) in [4.78, 5) is 13.8. The second kappa shape index (κ2) is 5.89. The van der Waals surface area contributed by atoms with E-state index in [4.69, 9.17) is 4.42 Å². The number of aryl methyl sites for hydroxylation is 2. The fraction of sp³-hybridized carbons (Fsp3) is 0.471. The monoisotopic (exact) mass is 319 g/mol. The van der Waals surface area contributed by atoms with Gasteiger partial charge < -0.3 is 14.8 Å². The number of nitrogens with one attached hydrogen (secondary N) is 1. The summed E-state index contributed by atoms with van der Waals surface area (Å²) in [5.41, 5.74) is 0.758. The highest BCUT2D eigenvalue weighted by Crippen LogP contribution is 2.30. The molecule has 0 aromatic carbocycles. The normalized spacial score (nSPS) is 16.9. The molecule has 2 aromatic rings. The minimum absolute atomic E-state index is 0.108. The molecule has 0 fully saturated rings. The van der Waals surface area contributed by atoms with Crippen molar-refractivity contribution in [3.8, 4) is 0 Å². The lowest BCUT2D eigenvalue weighted by Gasteiger charge is -2.21. The van der Waals surface area contributed by atoms with Crippen LogP contribution in [0.2, 0.25) is 0 Å². The number of fused-ring (bicyclic) bond motifs is 1. The molecule has 22 heavy (non-hydrogen) atoms. The summed E-state index contributed by atoms with van der Waals surface area (Å²) >= 11 is 1.67. The summed E-state index contributed by atoms with van der Waals surface area (Å²) in [5, 5.41) is 15.3. The van der Waals surface area contributed by atoms with Crippen molar-refractivity contribution in [1.29, 1.82) is 0 Å². The third-order valence-corrected chi connectivity index (χ3v) is 5.26.